The molecule has 28 heavy (non-hydrogen) atoms. The zero-order valence-corrected chi connectivity index (χ0v) is 16.7. The van der Waals surface area contributed by atoms with Crippen LogP contribution in [0.15, 0.2) is 41.7 Å². The van der Waals surface area contributed by atoms with Gasteiger partial charge in [0.05, 0.1) is 0 Å². The van der Waals surface area contributed by atoms with Crippen LogP contribution in [0.25, 0.3) is 0 Å². The summed E-state index contributed by atoms with van der Waals surface area (Å²) in [6.07, 6.45) is 5.83. The van der Waals surface area contributed by atoms with E-state index in [1.54, 1.807) is 24.3 Å². The molecule has 0 amide bonds. The molecule has 0 aliphatic heterocycles. The maximum Gasteiger partial charge on any atom is 0.387 e. The topological polar surface area (TPSA) is 54.7 Å². The first-order valence-electron chi connectivity index (χ1n) is 9.50. The Bertz CT molecular complexity index is 730. The van der Waals surface area contributed by atoms with Crippen LogP contribution in [0.1, 0.15) is 31.2 Å². The fourth-order valence-corrected chi connectivity index (χ4v) is 2.81. The van der Waals surface area contributed by atoms with Crippen molar-refractivity contribution in [2.75, 3.05) is 20.1 Å². The van der Waals surface area contributed by atoms with Gasteiger partial charge in [-0.05, 0) is 44.4 Å². The molecule has 0 aliphatic carbocycles. The quantitative estimate of drug-likeness (QED) is 0.380. The van der Waals surface area contributed by atoms with Gasteiger partial charge in [0, 0.05) is 45.6 Å². The van der Waals surface area contributed by atoms with E-state index < -0.39 is 6.61 Å². The van der Waals surface area contributed by atoms with E-state index in [1.165, 1.54) is 0 Å². The summed E-state index contributed by atoms with van der Waals surface area (Å²) in [5.74, 6) is 2.02. The SMILES string of the molecule is CCNC(=NCCCCn1ccnc1C)N(C)Cc1ccc(OC(F)F)cc1. The summed E-state index contributed by atoms with van der Waals surface area (Å²) in [6, 6.07) is 6.67. The van der Waals surface area contributed by atoms with Gasteiger partial charge in [0.1, 0.15) is 11.6 Å². The number of nitrogens with zero attached hydrogens (tertiary/aromatic N) is 4. The normalized spacial score (nSPS) is 11.7. The molecule has 154 valence electrons. The van der Waals surface area contributed by atoms with Crippen LogP contribution < -0.4 is 10.1 Å². The Balaban J connectivity index is 1.83. The Morgan fingerprint density at radius 2 is 2.04 bits per heavy atom. The lowest BCUT2D eigenvalue weighted by molar-refractivity contribution is -0.0498. The van der Waals surface area contributed by atoms with Gasteiger partial charge in [0.15, 0.2) is 5.96 Å². The zero-order valence-electron chi connectivity index (χ0n) is 16.7. The molecule has 6 nitrogen and oxygen atoms in total. The van der Waals surface area contributed by atoms with Crippen LogP contribution in [-0.2, 0) is 13.1 Å². The highest BCUT2D eigenvalue weighted by Crippen LogP contribution is 2.15. The number of ether oxygens (including phenoxy) is 1. The number of hydrogen-bond donors (Lipinski definition) is 1. The molecule has 2 rings (SSSR count). The molecule has 0 radical (unpaired) electrons. The summed E-state index contributed by atoms with van der Waals surface area (Å²) in [5, 5.41) is 3.29. The van der Waals surface area contributed by atoms with Gasteiger partial charge in [-0.2, -0.15) is 8.78 Å². The van der Waals surface area contributed by atoms with Crippen molar-refractivity contribution in [3.63, 3.8) is 0 Å². The summed E-state index contributed by atoms with van der Waals surface area (Å²) in [6.45, 7) is 4.30. The van der Waals surface area contributed by atoms with Crippen LogP contribution in [-0.4, -0.2) is 47.2 Å². The lowest BCUT2D eigenvalue weighted by Crippen LogP contribution is -2.38. The van der Waals surface area contributed by atoms with E-state index in [2.05, 4.69) is 19.6 Å². The third kappa shape index (κ3) is 7.17. The molecule has 0 unspecified atom stereocenters. The van der Waals surface area contributed by atoms with Crippen molar-refractivity contribution >= 4 is 5.96 Å². The third-order valence-electron chi connectivity index (χ3n) is 4.26. The van der Waals surface area contributed by atoms with Gasteiger partial charge in [-0.15, -0.1) is 0 Å². The molecule has 0 fully saturated rings. The Hall–Kier alpha value is -2.64. The summed E-state index contributed by atoms with van der Waals surface area (Å²) in [7, 11) is 1.96. The van der Waals surface area contributed by atoms with Crippen molar-refractivity contribution < 1.29 is 13.5 Å². The van der Waals surface area contributed by atoms with Crippen molar-refractivity contribution in [2.45, 2.75) is 46.4 Å². The molecule has 8 heteroatoms. The van der Waals surface area contributed by atoms with Gasteiger partial charge in [0.25, 0.3) is 0 Å². The van der Waals surface area contributed by atoms with Gasteiger partial charge in [-0.3, -0.25) is 4.99 Å². The van der Waals surface area contributed by atoms with Crippen molar-refractivity contribution in [1.29, 1.82) is 0 Å². The van der Waals surface area contributed by atoms with E-state index in [1.807, 2.05) is 38.2 Å². The first-order valence-corrected chi connectivity index (χ1v) is 9.50. The lowest BCUT2D eigenvalue weighted by atomic mass is 10.2. The van der Waals surface area contributed by atoms with E-state index in [0.717, 1.165) is 49.8 Å². The Labute approximate surface area is 165 Å². The Kier molecular flexibility index (Phi) is 8.71. The van der Waals surface area contributed by atoms with E-state index in [0.29, 0.717) is 6.54 Å². The number of imidazole rings is 1. The molecule has 2 aromatic rings. The van der Waals surface area contributed by atoms with Crippen LogP contribution >= 0.6 is 0 Å². The van der Waals surface area contributed by atoms with Crippen LogP contribution in [0.4, 0.5) is 8.78 Å². The monoisotopic (exact) mass is 393 g/mol. The molecule has 1 N–H and O–H groups in total. The van der Waals surface area contributed by atoms with Crippen LogP contribution in [0, 0.1) is 6.92 Å². The molecule has 1 heterocycles. The standard InChI is InChI=1S/C20H29F2N5O/c1-4-23-20(25-11-5-6-13-27-14-12-24-16(27)2)26(3)15-17-7-9-18(10-8-17)28-19(21)22/h7-10,12,14,19H,4-6,11,13,15H2,1-3H3,(H,23,25). The number of hydrogen-bond acceptors (Lipinski definition) is 3. The zero-order chi connectivity index (χ0) is 20.4. The van der Waals surface area contributed by atoms with Gasteiger partial charge >= 0.3 is 6.61 Å². The lowest BCUT2D eigenvalue weighted by Gasteiger charge is -2.22. The summed E-state index contributed by atoms with van der Waals surface area (Å²) >= 11 is 0. The maximum atomic E-state index is 12.2. The molecule has 0 saturated carbocycles. The van der Waals surface area contributed by atoms with E-state index in [9.17, 15) is 8.78 Å². The molecule has 0 saturated heterocycles. The highest BCUT2D eigenvalue weighted by atomic mass is 19.3. The Morgan fingerprint density at radius 1 is 1.29 bits per heavy atom. The number of benzene rings is 1. The number of alkyl halides is 2. The van der Waals surface area contributed by atoms with E-state index in [4.69, 9.17) is 4.99 Å². The highest BCUT2D eigenvalue weighted by Gasteiger charge is 2.08. The number of unbranched alkanes of at least 4 members (excludes halogenated alkanes) is 1. The highest BCUT2D eigenvalue weighted by molar-refractivity contribution is 5.79. The van der Waals surface area contributed by atoms with Crippen molar-refractivity contribution in [3.05, 3.63) is 48.0 Å². The number of aromatic nitrogens is 2. The number of aliphatic imine (C=N–C) groups is 1. The Morgan fingerprint density at radius 3 is 2.64 bits per heavy atom. The number of guanidine groups is 1. The van der Waals surface area contributed by atoms with Crippen LogP contribution in [0.3, 0.4) is 0 Å². The van der Waals surface area contributed by atoms with Crippen molar-refractivity contribution in [1.82, 2.24) is 19.8 Å². The minimum atomic E-state index is -2.81. The molecule has 0 bridgehead atoms. The van der Waals surface area contributed by atoms with Crippen LogP contribution in [0.2, 0.25) is 0 Å². The average Bonchev–Trinajstić information content (AvgIpc) is 3.06. The van der Waals surface area contributed by atoms with E-state index >= 15 is 0 Å². The predicted octanol–water partition coefficient (Wildman–Crippen LogP) is 3.67. The summed E-state index contributed by atoms with van der Waals surface area (Å²) < 4.78 is 31.0. The minimum absolute atomic E-state index is 0.162. The van der Waals surface area contributed by atoms with Crippen LogP contribution in [0.5, 0.6) is 5.75 Å². The molecule has 1 aromatic heterocycles. The number of rotatable bonds is 10. The van der Waals surface area contributed by atoms with Crippen molar-refractivity contribution in [3.8, 4) is 5.75 Å². The van der Waals surface area contributed by atoms with Gasteiger partial charge in [0.2, 0.25) is 0 Å². The summed E-state index contributed by atoms with van der Waals surface area (Å²) in [4.78, 5) is 10.9. The average molecular weight is 393 g/mol. The van der Waals surface area contributed by atoms with Gasteiger partial charge in [-0.25, -0.2) is 4.98 Å². The van der Waals surface area contributed by atoms with Gasteiger partial charge in [-0.1, -0.05) is 12.1 Å². The third-order valence-corrected chi connectivity index (χ3v) is 4.26. The van der Waals surface area contributed by atoms with Gasteiger partial charge < -0.3 is 19.5 Å². The maximum absolute atomic E-state index is 12.2. The van der Waals surface area contributed by atoms with E-state index in [-0.39, 0.29) is 5.75 Å². The largest absolute Gasteiger partial charge is 0.435 e. The first kappa shape index (κ1) is 21.7. The van der Waals surface area contributed by atoms with Crippen molar-refractivity contribution in [2.24, 2.45) is 4.99 Å². The second-order valence-electron chi connectivity index (χ2n) is 6.49. The molecule has 0 spiro atoms. The molecular formula is C20H29F2N5O. The summed E-state index contributed by atoms with van der Waals surface area (Å²) in [5.41, 5.74) is 0.991. The molecule has 0 aliphatic rings. The number of halogens is 2. The second kappa shape index (κ2) is 11.3. The molecule has 0 atom stereocenters. The fraction of sp³-hybridized carbons (Fsp3) is 0.500. The fourth-order valence-electron chi connectivity index (χ4n) is 2.81. The first-order chi connectivity index (χ1) is 13.5. The molecular weight excluding hydrogens is 364 g/mol. The second-order valence-corrected chi connectivity index (χ2v) is 6.49. The predicted molar refractivity (Wildman–Crippen MR) is 107 cm³/mol. The smallest absolute Gasteiger partial charge is 0.387 e. The number of nitrogens with one attached hydrogen (secondary N) is 1. The molecule has 1 aromatic carbocycles. The number of aryl methyl sites for hydroxylation is 2. The minimum Gasteiger partial charge on any atom is -0.435 e.